The van der Waals surface area contributed by atoms with E-state index < -0.39 is 0 Å². The molecule has 7 heteroatoms. The maximum absolute atomic E-state index is 5.63. The van der Waals surface area contributed by atoms with E-state index in [0.29, 0.717) is 12.2 Å². The Morgan fingerprint density at radius 3 is 2.63 bits per heavy atom. The van der Waals surface area contributed by atoms with Gasteiger partial charge in [0.15, 0.2) is 5.96 Å². The molecule has 0 radical (unpaired) electrons. The fourth-order valence-electron chi connectivity index (χ4n) is 1.60. The lowest BCUT2D eigenvalue weighted by atomic mass is 10.2. The summed E-state index contributed by atoms with van der Waals surface area (Å²) in [6.45, 7) is 0.599. The molecule has 19 heavy (non-hydrogen) atoms. The molecule has 0 fully saturated rings. The first-order valence-corrected chi connectivity index (χ1v) is 5.64. The van der Waals surface area contributed by atoms with Gasteiger partial charge in [-0.1, -0.05) is 18.2 Å². The van der Waals surface area contributed by atoms with Crippen LogP contribution in [-0.2, 0) is 6.54 Å². The summed E-state index contributed by atoms with van der Waals surface area (Å²) in [5.41, 5.74) is 17.8. The first kappa shape index (κ1) is 12.6. The second-order valence-electron chi connectivity index (χ2n) is 3.84. The van der Waals surface area contributed by atoms with Gasteiger partial charge in [-0.2, -0.15) is 10.1 Å². The molecule has 0 aliphatic carbocycles. The van der Waals surface area contributed by atoms with E-state index in [0.717, 1.165) is 5.56 Å². The Balaban J connectivity index is 2.28. The van der Waals surface area contributed by atoms with E-state index in [1.54, 1.807) is 10.9 Å². The smallest absolute Gasteiger partial charge is 0.223 e. The summed E-state index contributed by atoms with van der Waals surface area (Å²) in [6.07, 6.45) is 3.60. The molecule has 1 heterocycles. The molecule has 2 rings (SSSR count). The maximum Gasteiger partial charge on any atom is 0.223 e. The van der Waals surface area contributed by atoms with Gasteiger partial charge in [-0.25, -0.2) is 4.99 Å². The summed E-state index contributed by atoms with van der Waals surface area (Å²) in [4.78, 5) is 7.87. The number of nitrogens with zero attached hydrogens (tertiary/aromatic N) is 4. The highest BCUT2D eigenvalue weighted by Crippen LogP contribution is 2.19. The number of guanidine groups is 2. The van der Waals surface area contributed by atoms with E-state index in [2.05, 4.69) is 15.1 Å². The van der Waals surface area contributed by atoms with Gasteiger partial charge < -0.3 is 17.2 Å². The van der Waals surface area contributed by atoms with Crippen LogP contribution in [-0.4, -0.2) is 21.7 Å². The average Bonchev–Trinajstić information content (AvgIpc) is 2.83. The molecule has 1 aromatic carbocycles. The zero-order chi connectivity index (χ0) is 13.7. The van der Waals surface area contributed by atoms with Crippen LogP contribution in [0.25, 0.3) is 0 Å². The van der Waals surface area contributed by atoms with E-state index in [1.165, 1.54) is 0 Å². The van der Waals surface area contributed by atoms with Crippen LogP contribution in [0.15, 0.2) is 52.7 Å². The molecular formula is C12H15N7. The third-order valence-electron chi connectivity index (χ3n) is 2.36. The standard InChI is InChI=1S/C12H15N7/c13-11(14)18-12(15)17-10-5-2-1-4-9(10)8-19-7-3-6-16-19/h1-7H,8H2,(H6,13,14,15,17,18). The minimum Gasteiger partial charge on any atom is -0.370 e. The molecule has 0 saturated carbocycles. The van der Waals surface area contributed by atoms with Crippen LogP contribution in [0.3, 0.4) is 0 Å². The fraction of sp³-hybridized carbons (Fsp3) is 0.0833. The number of nitrogens with two attached hydrogens (primary N) is 3. The third-order valence-corrected chi connectivity index (χ3v) is 2.36. The molecule has 98 valence electrons. The Hall–Kier alpha value is -2.83. The summed E-state index contributed by atoms with van der Waals surface area (Å²) < 4.78 is 1.80. The molecule has 2 aromatic rings. The quantitative estimate of drug-likeness (QED) is 0.535. The lowest BCUT2D eigenvalue weighted by Crippen LogP contribution is -2.26. The Bertz CT molecular complexity index is 594. The number of para-hydroxylation sites is 1. The number of aromatic nitrogens is 2. The van der Waals surface area contributed by atoms with Gasteiger partial charge in [0.2, 0.25) is 5.96 Å². The van der Waals surface area contributed by atoms with Crippen LogP contribution in [0.5, 0.6) is 0 Å². The third kappa shape index (κ3) is 3.56. The van der Waals surface area contributed by atoms with Crippen molar-refractivity contribution in [1.29, 1.82) is 0 Å². The molecule has 0 aliphatic heterocycles. The topological polar surface area (TPSA) is 121 Å². The Kier molecular flexibility index (Phi) is 3.77. The average molecular weight is 257 g/mol. The van der Waals surface area contributed by atoms with E-state index in [4.69, 9.17) is 17.2 Å². The Labute approximate surface area is 110 Å². The van der Waals surface area contributed by atoms with Gasteiger partial charge in [-0.05, 0) is 17.7 Å². The largest absolute Gasteiger partial charge is 0.370 e. The van der Waals surface area contributed by atoms with Crippen molar-refractivity contribution in [3.8, 4) is 0 Å². The van der Waals surface area contributed by atoms with E-state index >= 15 is 0 Å². The molecule has 6 N–H and O–H groups in total. The molecule has 0 unspecified atom stereocenters. The number of benzene rings is 1. The minimum atomic E-state index is -0.120. The molecule has 0 saturated heterocycles. The summed E-state index contributed by atoms with van der Waals surface area (Å²) in [5, 5.41) is 4.15. The zero-order valence-electron chi connectivity index (χ0n) is 10.3. The summed E-state index contributed by atoms with van der Waals surface area (Å²) in [7, 11) is 0. The van der Waals surface area contributed by atoms with Crippen LogP contribution in [0.2, 0.25) is 0 Å². The van der Waals surface area contributed by atoms with E-state index in [9.17, 15) is 0 Å². The van der Waals surface area contributed by atoms with Gasteiger partial charge in [0.1, 0.15) is 0 Å². The van der Waals surface area contributed by atoms with Gasteiger partial charge in [0, 0.05) is 12.4 Å². The molecule has 1 aromatic heterocycles. The number of hydrogen-bond acceptors (Lipinski definition) is 2. The molecule has 7 nitrogen and oxygen atoms in total. The minimum absolute atomic E-state index is 0.0212. The monoisotopic (exact) mass is 257 g/mol. The SMILES string of the molecule is NC(N)=NC(N)=Nc1ccccc1Cn1cccn1. The van der Waals surface area contributed by atoms with E-state index in [1.807, 2.05) is 36.5 Å². The molecular weight excluding hydrogens is 242 g/mol. The van der Waals surface area contributed by atoms with Crippen molar-refractivity contribution in [2.24, 2.45) is 27.2 Å². The number of aliphatic imine (C=N–C) groups is 2. The molecule has 0 aliphatic rings. The van der Waals surface area contributed by atoms with Crippen LogP contribution in [0.1, 0.15) is 5.56 Å². The lowest BCUT2D eigenvalue weighted by Gasteiger charge is -2.06. The van der Waals surface area contributed by atoms with E-state index in [-0.39, 0.29) is 11.9 Å². The summed E-state index contributed by atoms with van der Waals surface area (Å²) in [6, 6.07) is 9.44. The van der Waals surface area contributed by atoms with Crippen LogP contribution in [0.4, 0.5) is 5.69 Å². The van der Waals surface area contributed by atoms with Gasteiger partial charge in [-0.3, -0.25) is 4.68 Å². The number of rotatable bonds is 3. The molecule has 0 spiro atoms. The van der Waals surface area contributed by atoms with Gasteiger partial charge in [0.05, 0.1) is 12.2 Å². The normalized spacial score (nSPS) is 11.3. The Morgan fingerprint density at radius 2 is 1.95 bits per heavy atom. The first-order chi connectivity index (χ1) is 9.15. The highest BCUT2D eigenvalue weighted by molar-refractivity contribution is 5.93. The van der Waals surface area contributed by atoms with Gasteiger partial charge in [-0.15, -0.1) is 0 Å². The van der Waals surface area contributed by atoms with Crippen LogP contribution in [0, 0.1) is 0 Å². The fourth-order valence-corrected chi connectivity index (χ4v) is 1.60. The summed E-state index contributed by atoms with van der Waals surface area (Å²) in [5.74, 6) is -0.0984. The predicted molar refractivity (Wildman–Crippen MR) is 74.9 cm³/mol. The second-order valence-corrected chi connectivity index (χ2v) is 3.84. The molecule has 0 bridgehead atoms. The maximum atomic E-state index is 5.63. The van der Waals surface area contributed by atoms with Crippen LogP contribution < -0.4 is 17.2 Å². The summed E-state index contributed by atoms with van der Waals surface area (Å²) >= 11 is 0. The molecule has 0 amide bonds. The highest BCUT2D eigenvalue weighted by Gasteiger charge is 2.02. The molecule has 0 atom stereocenters. The van der Waals surface area contributed by atoms with Gasteiger partial charge >= 0.3 is 0 Å². The lowest BCUT2D eigenvalue weighted by molar-refractivity contribution is 0.687. The van der Waals surface area contributed by atoms with Crippen molar-refractivity contribution in [1.82, 2.24) is 9.78 Å². The van der Waals surface area contributed by atoms with Gasteiger partial charge in [0.25, 0.3) is 0 Å². The van der Waals surface area contributed by atoms with Crippen molar-refractivity contribution in [2.75, 3.05) is 0 Å². The Morgan fingerprint density at radius 1 is 1.16 bits per heavy atom. The van der Waals surface area contributed by atoms with Crippen molar-refractivity contribution in [3.63, 3.8) is 0 Å². The van der Waals surface area contributed by atoms with Crippen molar-refractivity contribution in [3.05, 3.63) is 48.3 Å². The number of hydrogen-bond donors (Lipinski definition) is 3. The van der Waals surface area contributed by atoms with Crippen LogP contribution >= 0.6 is 0 Å². The predicted octanol–water partition coefficient (Wildman–Crippen LogP) is 0.151. The highest BCUT2D eigenvalue weighted by atomic mass is 15.3. The zero-order valence-corrected chi connectivity index (χ0v) is 10.3. The first-order valence-electron chi connectivity index (χ1n) is 5.64. The second kappa shape index (κ2) is 5.67. The van der Waals surface area contributed by atoms with Crippen molar-refractivity contribution in [2.45, 2.75) is 6.54 Å². The van der Waals surface area contributed by atoms with Crippen molar-refractivity contribution < 1.29 is 0 Å². The van der Waals surface area contributed by atoms with Crippen molar-refractivity contribution >= 4 is 17.6 Å².